The molecule has 0 saturated carbocycles. The van der Waals surface area contributed by atoms with Gasteiger partial charge in [0.25, 0.3) is 0 Å². The summed E-state index contributed by atoms with van der Waals surface area (Å²) in [5, 5.41) is 0. The van der Waals surface area contributed by atoms with Crippen LogP contribution in [0, 0.1) is 0 Å². The zero-order chi connectivity index (χ0) is 16.8. The van der Waals surface area contributed by atoms with Gasteiger partial charge in [0.15, 0.2) is 5.78 Å². The molecule has 1 atom stereocenters. The molecular formula is C17H21BrN2OS2. The minimum Gasteiger partial charge on any atom is -0.326 e. The van der Waals surface area contributed by atoms with E-state index in [-0.39, 0.29) is 18.0 Å². The average molecular weight is 413 g/mol. The number of Topliss-reactive ketones (excluding diaryl/α,β-unsaturated/α-hetero) is 1. The monoisotopic (exact) mass is 412 g/mol. The average Bonchev–Trinajstić information content (AvgIpc) is 2.57. The van der Waals surface area contributed by atoms with Gasteiger partial charge in [-0.2, -0.15) is 0 Å². The van der Waals surface area contributed by atoms with Crippen LogP contribution in [-0.4, -0.2) is 19.9 Å². The van der Waals surface area contributed by atoms with E-state index in [9.17, 15) is 4.79 Å². The topological polar surface area (TPSA) is 56.0 Å². The second-order valence-electron chi connectivity index (χ2n) is 3.99. The van der Waals surface area contributed by atoms with Crippen LogP contribution in [0.1, 0.15) is 30.3 Å². The molecule has 2 rings (SSSR count). The third-order valence-electron chi connectivity index (χ3n) is 2.40. The minimum atomic E-state index is -0.0927. The van der Waals surface area contributed by atoms with E-state index in [0.29, 0.717) is 6.54 Å². The number of halogens is 1. The Labute approximate surface area is 157 Å². The normalized spacial score (nSPS) is 9.52. The molecule has 0 spiro atoms. The molecule has 0 aliphatic heterocycles. The van der Waals surface area contributed by atoms with E-state index in [0.717, 1.165) is 11.1 Å². The highest BCUT2D eigenvalue weighted by Crippen LogP contribution is 2.08. The molecule has 0 saturated heterocycles. The number of thiocarbonyl (C=S) groups is 2. The molecule has 3 nitrogen and oxygen atoms in total. The van der Waals surface area contributed by atoms with Gasteiger partial charge in [0, 0.05) is 28.8 Å². The lowest BCUT2D eigenvalue weighted by Gasteiger charge is -2.00. The van der Waals surface area contributed by atoms with Crippen molar-refractivity contribution in [2.24, 2.45) is 5.73 Å². The summed E-state index contributed by atoms with van der Waals surface area (Å²) in [5.74, 6) is 0.130. The molecule has 23 heavy (non-hydrogen) atoms. The molecule has 6 heteroatoms. The number of nitrogens with two attached hydrogens (primary N) is 1. The molecule has 124 valence electrons. The van der Waals surface area contributed by atoms with Crippen molar-refractivity contribution in [1.29, 1.82) is 0 Å². The van der Waals surface area contributed by atoms with Crippen molar-refractivity contribution in [2.45, 2.75) is 25.7 Å². The molecular weight excluding hydrogens is 392 g/mol. The van der Waals surface area contributed by atoms with Gasteiger partial charge in [-0.15, -0.1) is 0 Å². The second-order valence-corrected chi connectivity index (χ2v) is 6.03. The molecule has 1 unspecified atom stereocenters. The van der Waals surface area contributed by atoms with Gasteiger partial charge in [-0.1, -0.05) is 53.7 Å². The summed E-state index contributed by atoms with van der Waals surface area (Å²) >= 11 is 11.1. The van der Waals surface area contributed by atoms with Crippen LogP contribution in [0.3, 0.4) is 0 Å². The lowest BCUT2D eigenvalue weighted by Crippen LogP contribution is -2.09. The Hall–Kier alpha value is -1.30. The minimum absolute atomic E-state index is 0. The van der Waals surface area contributed by atoms with E-state index in [1.54, 1.807) is 12.4 Å². The predicted molar refractivity (Wildman–Crippen MR) is 108 cm³/mol. The van der Waals surface area contributed by atoms with Crippen molar-refractivity contribution in [2.75, 3.05) is 0 Å². The first-order chi connectivity index (χ1) is 10.6. The van der Waals surface area contributed by atoms with Gasteiger partial charge in [0.05, 0.1) is 4.83 Å². The van der Waals surface area contributed by atoms with Crippen LogP contribution >= 0.6 is 40.4 Å². The maximum absolute atomic E-state index is 11.3. The Morgan fingerprint density at radius 2 is 1.70 bits per heavy atom. The Morgan fingerprint density at radius 1 is 1.22 bits per heavy atom. The summed E-state index contributed by atoms with van der Waals surface area (Å²) in [7, 11) is 0. The Kier molecular flexibility index (Phi) is 16.2. The SMILES string of the molecule is C.CC(Br)C(=O)c1ccccc1.NCc1ccncc1.S=C=S. The largest absolute Gasteiger partial charge is 0.326 e. The molecule has 0 radical (unpaired) electrons. The van der Waals surface area contributed by atoms with Gasteiger partial charge < -0.3 is 5.73 Å². The molecule has 2 aromatic rings. The first-order valence-corrected chi connectivity index (χ1v) is 8.11. The lowest BCUT2D eigenvalue weighted by molar-refractivity contribution is 0.0996. The number of nitrogens with zero attached hydrogens (tertiary/aromatic N) is 1. The fourth-order valence-electron chi connectivity index (χ4n) is 1.35. The molecule has 0 amide bonds. The van der Waals surface area contributed by atoms with Crippen molar-refractivity contribution in [3.05, 3.63) is 66.0 Å². The molecule has 0 bridgehead atoms. The summed E-state index contributed by atoms with van der Waals surface area (Å²) < 4.78 is 1.92. The molecule has 1 heterocycles. The number of ketones is 1. The van der Waals surface area contributed by atoms with Gasteiger partial charge in [0.1, 0.15) is 0 Å². The molecule has 0 aliphatic rings. The first kappa shape index (κ1) is 24.0. The van der Waals surface area contributed by atoms with Crippen LogP contribution < -0.4 is 5.73 Å². The van der Waals surface area contributed by atoms with Crippen LogP contribution in [0.2, 0.25) is 0 Å². The number of hydrogen-bond acceptors (Lipinski definition) is 5. The van der Waals surface area contributed by atoms with Crippen LogP contribution in [0.25, 0.3) is 0 Å². The third kappa shape index (κ3) is 11.9. The fourth-order valence-corrected chi connectivity index (χ4v) is 1.62. The summed E-state index contributed by atoms with van der Waals surface area (Å²) in [6.07, 6.45) is 3.48. The predicted octanol–water partition coefficient (Wildman–Crippen LogP) is 4.85. The van der Waals surface area contributed by atoms with E-state index in [1.165, 1.54) is 0 Å². The van der Waals surface area contributed by atoms with E-state index in [2.05, 4.69) is 45.3 Å². The summed E-state index contributed by atoms with van der Waals surface area (Å²) in [5.41, 5.74) is 7.21. The van der Waals surface area contributed by atoms with E-state index in [4.69, 9.17) is 5.73 Å². The Balaban J connectivity index is 0. The zero-order valence-electron chi connectivity index (χ0n) is 12.1. The number of aromatic nitrogens is 1. The van der Waals surface area contributed by atoms with Crippen LogP contribution in [0.5, 0.6) is 0 Å². The Morgan fingerprint density at radius 3 is 2.04 bits per heavy atom. The molecule has 2 N–H and O–H groups in total. The summed E-state index contributed by atoms with van der Waals surface area (Å²) in [6.45, 7) is 2.43. The van der Waals surface area contributed by atoms with Gasteiger partial charge in [0.2, 0.25) is 0 Å². The highest BCUT2D eigenvalue weighted by molar-refractivity contribution is 9.10. The quantitative estimate of drug-likeness (QED) is 0.443. The summed E-state index contributed by atoms with van der Waals surface area (Å²) in [4.78, 5) is 15.0. The number of rotatable bonds is 3. The smallest absolute Gasteiger partial charge is 0.176 e. The number of alkyl halides is 1. The van der Waals surface area contributed by atoms with Gasteiger partial charge >= 0.3 is 0 Å². The van der Waals surface area contributed by atoms with Crippen molar-refractivity contribution in [3.8, 4) is 0 Å². The molecule has 1 aromatic carbocycles. The molecule has 0 fully saturated rings. The van der Waals surface area contributed by atoms with Crippen molar-refractivity contribution < 1.29 is 4.79 Å². The van der Waals surface area contributed by atoms with Gasteiger partial charge in [-0.3, -0.25) is 9.78 Å². The van der Waals surface area contributed by atoms with E-state index < -0.39 is 0 Å². The van der Waals surface area contributed by atoms with Gasteiger partial charge in [-0.05, 0) is 49.1 Å². The van der Waals surface area contributed by atoms with E-state index >= 15 is 0 Å². The number of hydrogen-bond donors (Lipinski definition) is 1. The maximum atomic E-state index is 11.3. The number of carbonyl (C=O) groups excluding carboxylic acids is 1. The highest BCUT2D eigenvalue weighted by atomic mass is 79.9. The standard InChI is InChI=1S/C9H9BrO.C6H8N2.CS2.CH4/c1-7(10)9(11)8-5-3-2-4-6-8;7-5-6-1-3-8-4-2-6;2-1-3;/h2-7H,1H3;1-4H,5,7H2;;1H4. The lowest BCUT2D eigenvalue weighted by atomic mass is 10.1. The number of carbonyl (C=O) groups is 1. The van der Waals surface area contributed by atoms with Crippen molar-refractivity contribution >= 4 is 50.5 Å². The van der Waals surface area contributed by atoms with Crippen molar-refractivity contribution in [1.82, 2.24) is 4.98 Å². The maximum Gasteiger partial charge on any atom is 0.176 e. The fraction of sp³-hybridized carbons (Fsp3) is 0.235. The van der Waals surface area contributed by atoms with Gasteiger partial charge in [-0.25, -0.2) is 0 Å². The highest BCUT2D eigenvalue weighted by Gasteiger charge is 2.09. The number of benzene rings is 1. The number of pyridine rings is 1. The van der Waals surface area contributed by atoms with Crippen LogP contribution in [-0.2, 0) is 6.54 Å². The van der Waals surface area contributed by atoms with Crippen LogP contribution in [0.4, 0.5) is 0 Å². The van der Waals surface area contributed by atoms with E-state index in [1.807, 2.05) is 53.7 Å². The third-order valence-corrected chi connectivity index (χ3v) is 2.82. The summed E-state index contributed by atoms with van der Waals surface area (Å²) in [6, 6.07) is 13.1. The second kappa shape index (κ2) is 15.6. The van der Waals surface area contributed by atoms with Crippen LogP contribution in [0.15, 0.2) is 54.9 Å². The molecule has 0 aliphatic carbocycles. The zero-order valence-corrected chi connectivity index (χ0v) is 15.3. The first-order valence-electron chi connectivity index (χ1n) is 6.38. The van der Waals surface area contributed by atoms with Crippen molar-refractivity contribution in [3.63, 3.8) is 0 Å². The molecule has 1 aromatic heterocycles. The Bertz CT molecular complexity index is 572.